The van der Waals surface area contributed by atoms with Crippen LogP contribution >= 0.6 is 0 Å². The Hall–Kier alpha value is -3.60. The molecule has 0 radical (unpaired) electrons. The zero-order valence-electron chi connectivity index (χ0n) is 20.0. The van der Waals surface area contributed by atoms with Crippen LogP contribution in [0.2, 0.25) is 0 Å². The van der Waals surface area contributed by atoms with Crippen LogP contribution in [0.25, 0.3) is 22.3 Å². The van der Waals surface area contributed by atoms with Gasteiger partial charge in [-0.05, 0) is 67.8 Å². The summed E-state index contributed by atoms with van der Waals surface area (Å²) in [5, 5.41) is 0. The Kier molecular flexibility index (Phi) is 7.31. The molecule has 0 aliphatic heterocycles. The molecule has 4 aromatic rings. The van der Waals surface area contributed by atoms with Gasteiger partial charge in [0, 0.05) is 18.2 Å². The smallest absolute Gasteiger partial charge is 0.254 e. The van der Waals surface area contributed by atoms with Crippen molar-refractivity contribution < 1.29 is 9.18 Å². The summed E-state index contributed by atoms with van der Waals surface area (Å²) in [7, 11) is 1.82. The van der Waals surface area contributed by atoms with Gasteiger partial charge in [0.2, 0.25) is 0 Å². The van der Waals surface area contributed by atoms with E-state index in [0.717, 1.165) is 48.2 Å². The molecule has 3 aromatic carbocycles. The molecular formula is C29H30FN3O. The molecule has 1 atom stereocenters. The van der Waals surface area contributed by atoms with Crippen LogP contribution in [0.5, 0.6) is 0 Å². The van der Waals surface area contributed by atoms with E-state index in [2.05, 4.69) is 6.92 Å². The van der Waals surface area contributed by atoms with Gasteiger partial charge in [-0.25, -0.2) is 14.4 Å². The largest absolute Gasteiger partial charge is 0.335 e. The van der Waals surface area contributed by atoms with Gasteiger partial charge in [-0.1, -0.05) is 50.1 Å². The minimum absolute atomic E-state index is 0.0547. The highest BCUT2D eigenvalue weighted by atomic mass is 19.1. The highest BCUT2D eigenvalue weighted by Crippen LogP contribution is 2.27. The van der Waals surface area contributed by atoms with Crippen molar-refractivity contribution in [2.45, 2.75) is 45.6 Å². The maximum Gasteiger partial charge on any atom is 0.254 e. The van der Waals surface area contributed by atoms with Gasteiger partial charge in [0.25, 0.3) is 5.91 Å². The van der Waals surface area contributed by atoms with Crippen LogP contribution in [-0.2, 0) is 6.42 Å². The van der Waals surface area contributed by atoms with E-state index >= 15 is 0 Å². The van der Waals surface area contributed by atoms with Gasteiger partial charge >= 0.3 is 0 Å². The summed E-state index contributed by atoms with van der Waals surface area (Å²) in [5.41, 5.74) is 5.58. The SMILES string of the molecule is CCCCCc1nc2cc(C(=O)N(C)[C@H](C)c3ccccc3)ccc2nc1-c1ccc(F)cc1. The van der Waals surface area contributed by atoms with Crippen molar-refractivity contribution in [1.29, 1.82) is 0 Å². The lowest BCUT2D eigenvalue weighted by molar-refractivity contribution is 0.0743. The second kappa shape index (κ2) is 10.6. The number of nitrogens with zero attached hydrogens (tertiary/aromatic N) is 3. The molecule has 0 aliphatic carbocycles. The lowest BCUT2D eigenvalue weighted by Gasteiger charge is -2.25. The number of hydrogen-bond donors (Lipinski definition) is 0. The van der Waals surface area contributed by atoms with Crippen molar-refractivity contribution in [3.8, 4) is 11.3 Å². The fraction of sp³-hybridized carbons (Fsp3) is 0.276. The van der Waals surface area contributed by atoms with Gasteiger partial charge < -0.3 is 4.90 Å². The van der Waals surface area contributed by atoms with Crippen LogP contribution in [0.1, 0.15) is 60.8 Å². The molecule has 0 saturated carbocycles. The molecule has 1 aromatic heterocycles. The van der Waals surface area contributed by atoms with Gasteiger partial charge in [0.1, 0.15) is 5.82 Å². The van der Waals surface area contributed by atoms with E-state index in [1.54, 1.807) is 23.1 Å². The second-order valence-electron chi connectivity index (χ2n) is 8.69. The number of carbonyl (C=O) groups is 1. The van der Waals surface area contributed by atoms with Crippen LogP contribution in [-0.4, -0.2) is 27.8 Å². The Balaban J connectivity index is 1.69. The third-order valence-corrected chi connectivity index (χ3v) is 6.30. The molecule has 1 heterocycles. The van der Waals surface area contributed by atoms with Gasteiger partial charge in [-0.3, -0.25) is 4.79 Å². The Labute approximate surface area is 200 Å². The van der Waals surface area contributed by atoms with Crippen molar-refractivity contribution in [3.63, 3.8) is 0 Å². The van der Waals surface area contributed by atoms with Crippen molar-refractivity contribution in [2.75, 3.05) is 7.05 Å². The van der Waals surface area contributed by atoms with E-state index in [4.69, 9.17) is 9.97 Å². The van der Waals surface area contributed by atoms with E-state index < -0.39 is 0 Å². The number of unbranched alkanes of at least 4 members (excludes halogenated alkanes) is 2. The number of fused-ring (bicyclic) bond motifs is 1. The summed E-state index contributed by atoms with van der Waals surface area (Å²) in [6, 6.07) is 21.8. The number of amides is 1. The maximum atomic E-state index is 13.5. The average molecular weight is 456 g/mol. The first-order chi connectivity index (χ1) is 16.5. The number of rotatable bonds is 8. The summed E-state index contributed by atoms with van der Waals surface area (Å²) in [6.45, 7) is 4.19. The molecule has 4 nitrogen and oxygen atoms in total. The molecule has 4 rings (SSSR count). The summed E-state index contributed by atoms with van der Waals surface area (Å²) in [5.74, 6) is -0.336. The van der Waals surface area contributed by atoms with E-state index in [1.807, 2.05) is 56.4 Å². The second-order valence-corrected chi connectivity index (χ2v) is 8.69. The summed E-state index contributed by atoms with van der Waals surface area (Å²) in [4.78, 5) is 24.8. The van der Waals surface area contributed by atoms with Gasteiger partial charge in [-0.15, -0.1) is 0 Å². The van der Waals surface area contributed by atoms with Crippen molar-refractivity contribution in [2.24, 2.45) is 0 Å². The number of halogens is 1. The van der Waals surface area contributed by atoms with Gasteiger partial charge in [-0.2, -0.15) is 0 Å². The number of aryl methyl sites for hydroxylation is 1. The van der Waals surface area contributed by atoms with E-state index in [1.165, 1.54) is 12.1 Å². The molecule has 0 unspecified atom stereocenters. The zero-order chi connectivity index (χ0) is 24.1. The van der Waals surface area contributed by atoms with Crippen molar-refractivity contribution >= 4 is 16.9 Å². The molecule has 0 fully saturated rings. The molecule has 34 heavy (non-hydrogen) atoms. The highest BCUT2D eigenvalue weighted by Gasteiger charge is 2.20. The van der Waals surface area contributed by atoms with Crippen LogP contribution in [0.3, 0.4) is 0 Å². The highest BCUT2D eigenvalue weighted by molar-refractivity contribution is 5.97. The fourth-order valence-corrected chi connectivity index (χ4v) is 4.11. The van der Waals surface area contributed by atoms with Crippen LogP contribution in [0.4, 0.5) is 4.39 Å². The Bertz CT molecular complexity index is 1270. The Morgan fingerprint density at radius 3 is 2.38 bits per heavy atom. The predicted molar refractivity (Wildman–Crippen MR) is 135 cm³/mol. The first kappa shape index (κ1) is 23.6. The van der Waals surface area contributed by atoms with Gasteiger partial charge in [0.15, 0.2) is 0 Å². The lowest BCUT2D eigenvalue weighted by atomic mass is 10.0. The Morgan fingerprint density at radius 2 is 1.68 bits per heavy atom. The molecule has 0 spiro atoms. The van der Waals surface area contributed by atoms with Gasteiger partial charge in [0.05, 0.1) is 28.5 Å². The first-order valence-corrected chi connectivity index (χ1v) is 11.9. The fourth-order valence-electron chi connectivity index (χ4n) is 4.11. The predicted octanol–water partition coefficient (Wildman–Crippen LogP) is 7.00. The summed E-state index contributed by atoms with van der Waals surface area (Å²) in [6.07, 6.45) is 3.99. The van der Waals surface area contributed by atoms with E-state index in [9.17, 15) is 9.18 Å². The lowest BCUT2D eigenvalue weighted by Crippen LogP contribution is -2.29. The first-order valence-electron chi connectivity index (χ1n) is 11.9. The van der Waals surface area contributed by atoms with Crippen LogP contribution < -0.4 is 0 Å². The van der Waals surface area contributed by atoms with Crippen molar-refractivity contribution in [3.05, 3.63) is 95.4 Å². The molecule has 0 saturated heterocycles. The number of aromatic nitrogens is 2. The average Bonchev–Trinajstić information content (AvgIpc) is 2.88. The van der Waals surface area contributed by atoms with Crippen molar-refractivity contribution in [1.82, 2.24) is 14.9 Å². The standard InChI is InChI=1S/C29H30FN3O/c1-4-5-7-12-26-28(22-13-16-24(30)17-14-22)32-25-18-15-23(19-27(25)31-26)29(34)33(3)20(2)21-10-8-6-9-11-21/h6,8-11,13-20H,4-5,7,12H2,1-3H3/t20-/m1/s1. The molecule has 1 amide bonds. The van der Waals surface area contributed by atoms with E-state index in [-0.39, 0.29) is 17.8 Å². The Morgan fingerprint density at radius 1 is 0.941 bits per heavy atom. The monoisotopic (exact) mass is 455 g/mol. The van der Waals surface area contributed by atoms with E-state index in [0.29, 0.717) is 16.6 Å². The number of carbonyl (C=O) groups excluding carboxylic acids is 1. The number of hydrogen-bond acceptors (Lipinski definition) is 3. The summed E-state index contributed by atoms with van der Waals surface area (Å²) >= 11 is 0. The molecule has 5 heteroatoms. The zero-order valence-corrected chi connectivity index (χ0v) is 20.0. The van der Waals surface area contributed by atoms with Crippen LogP contribution in [0.15, 0.2) is 72.8 Å². The molecule has 0 N–H and O–H groups in total. The normalized spacial score (nSPS) is 12.0. The number of benzene rings is 3. The molecule has 174 valence electrons. The molecule has 0 bridgehead atoms. The van der Waals surface area contributed by atoms with Crippen LogP contribution in [0, 0.1) is 5.82 Å². The molecule has 0 aliphatic rings. The topological polar surface area (TPSA) is 46.1 Å². The third kappa shape index (κ3) is 5.14. The molecular weight excluding hydrogens is 425 g/mol. The minimum atomic E-state index is -0.276. The maximum absolute atomic E-state index is 13.5. The third-order valence-electron chi connectivity index (χ3n) is 6.30. The minimum Gasteiger partial charge on any atom is -0.335 e. The quantitative estimate of drug-likeness (QED) is 0.269. The summed E-state index contributed by atoms with van der Waals surface area (Å²) < 4.78 is 13.5.